The van der Waals surface area contributed by atoms with Gasteiger partial charge in [0.05, 0.1) is 18.3 Å². The predicted molar refractivity (Wildman–Crippen MR) is 102 cm³/mol. The molecule has 4 nitrogen and oxygen atoms in total. The van der Waals surface area contributed by atoms with Gasteiger partial charge in [0.1, 0.15) is 0 Å². The molecule has 0 aliphatic carbocycles. The Morgan fingerprint density at radius 2 is 1.81 bits per heavy atom. The third-order valence-electron chi connectivity index (χ3n) is 3.74. The van der Waals surface area contributed by atoms with Gasteiger partial charge in [-0.15, -0.1) is 0 Å². The van der Waals surface area contributed by atoms with E-state index in [2.05, 4.69) is 5.32 Å². The van der Waals surface area contributed by atoms with Gasteiger partial charge in [-0.3, -0.25) is 4.79 Å². The normalized spacial score (nSPS) is 12.0. The van der Waals surface area contributed by atoms with Gasteiger partial charge < -0.3 is 15.3 Å². The van der Waals surface area contributed by atoms with Gasteiger partial charge in [-0.25, -0.2) is 0 Å². The molecule has 0 aliphatic rings. The van der Waals surface area contributed by atoms with E-state index in [1.165, 1.54) is 0 Å². The second-order valence-corrected chi connectivity index (χ2v) is 6.73. The molecule has 0 radical (unpaired) electrons. The van der Waals surface area contributed by atoms with Gasteiger partial charge in [-0.05, 0) is 30.7 Å². The zero-order chi connectivity index (χ0) is 18.9. The number of aliphatic hydroxyl groups excluding tert-OH is 1. The first-order valence-corrected chi connectivity index (χ1v) is 9.19. The van der Waals surface area contributed by atoms with Gasteiger partial charge in [-0.2, -0.15) is 8.78 Å². The fourth-order valence-corrected chi connectivity index (χ4v) is 3.01. The van der Waals surface area contributed by atoms with E-state index in [0.29, 0.717) is 35.3 Å². The quantitative estimate of drug-likeness (QED) is 0.640. The van der Waals surface area contributed by atoms with Gasteiger partial charge in [0, 0.05) is 17.1 Å². The SMILES string of the molecule is CCC(O)CN(CC(=O)Nc1ccccc1SC(F)F)c1ccccc1. The lowest BCUT2D eigenvalue weighted by Gasteiger charge is -2.26. The number of hydrogen-bond donors (Lipinski definition) is 2. The number of anilines is 2. The first-order chi connectivity index (χ1) is 12.5. The van der Waals surface area contributed by atoms with Crippen LogP contribution in [0.5, 0.6) is 0 Å². The number of nitrogens with one attached hydrogen (secondary N) is 1. The highest BCUT2D eigenvalue weighted by Crippen LogP contribution is 2.31. The standard InChI is InChI=1S/C19H22F2N2O2S/c1-2-15(24)12-23(14-8-4-3-5-9-14)13-18(25)22-16-10-6-7-11-17(16)26-19(20)21/h3-11,15,19,24H,2,12-13H2,1H3,(H,22,25). The Labute approximate surface area is 156 Å². The van der Waals surface area contributed by atoms with Crippen LogP contribution in [0.25, 0.3) is 0 Å². The van der Waals surface area contributed by atoms with Gasteiger partial charge in [-0.1, -0.05) is 49.0 Å². The number of amides is 1. The highest BCUT2D eigenvalue weighted by atomic mass is 32.2. The zero-order valence-electron chi connectivity index (χ0n) is 14.4. The van der Waals surface area contributed by atoms with E-state index in [1.807, 2.05) is 37.3 Å². The van der Waals surface area contributed by atoms with E-state index < -0.39 is 11.9 Å². The maximum atomic E-state index is 12.7. The van der Waals surface area contributed by atoms with Gasteiger partial charge >= 0.3 is 0 Å². The third-order valence-corrected chi connectivity index (χ3v) is 4.52. The number of hydrogen-bond acceptors (Lipinski definition) is 4. The van der Waals surface area contributed by atoms with Crippen molar-refractivity contribution in [2.75, 3.05) is 23.3 Å². The lowest BCUT2D eigenvalue weighted by Crippen LogP contribution is -2.38. The number of rotatable bonds is 9. The Morgan fingerprint density at radius 1 is 1.15 bits per heavy atom. The monoisotopic (exact) mass is 380 g/mol. The molecule has 1 amide bonds. The fraction of sp³-hybridized carbons (Fsp3) is 0.316. The summed E-state index contributed by atoms with van der Waals surface area (Å²) >= 11 is 0.395. The minimum Gasteiger partial charge on any atom is -0.391 e. The first kappa shape index (κ1) is 20.2. The van der Waals surface area contributed by atoms with Gasteiger partial charge in [0.2, 0.25) is 5.91 Å². The minimum atomic E-state index is -2.56. The molecule has 0 aromatic heterocycles. The van der Waals surface area contributed by atoms with E-state index in [1.54, 1.807) is 29.2 Å². The summed E-state index contributed by atoms with van der Waals surface area (Å²) in [4.78, 5) is 14.6. The molecule has 7 heteroatoms. The molecule has 1 unspecified atom stereocenters. The molecule has 0 saturated heterocycles. The van der Waals surface area contributed by atoms with Gasteiger partial charge in [0.25, 0.3) is 5.76 Å². The van der Waals surface area contributed by atoms with Crippen LogP contribution in [-0.2, 0) is 4.79 Å². The topological polar surface area (TPSA) is 52.6 Å². The van der Waals surface area contributed by atoms with Crippen LogP contribution < -0.4 is 10.2 Å². The van der Waals surface area contributed by atoms with Gasteiger partial charge in [0.15, 0.2) is 0 Å². The summed E-state index contributed by atoms with van der Waals surface area (Å²) in [6.07, 6.45) is 0.00316. The molecule has 26 heavy (non-hydrogen) atoms. The van der Waals surface area contributed by atoms with Crippen LogP contribution in [0.4, 0.5) is 20.2 Å². The molecule has 2 aromatic carbocycles. The van der Waals surface area contributed by atoms with Crippen molar-refractivity contribution in [3.8, 4) is 0 Å². The van der Waals surface area contributed by atoms with Crippen molar-refractivity contribution in [3.05, 3.63) is 54.6 Å². The molecule has 0 bridgehead atoms. The van der Waals surface area contributed by atoms with E-state index >= 15 is 0 Å². The largest absolute Gasteiger partial charge is 0.391 e. The van der Waals surface area contributed by atoms with Crippen molar-refractivity contribution in [2.24, 2.45) is 0 Å². The number of thioether (sulfide) groups is 1. The predicted octanol–water partition coefficient (Wildman–Crippen LogP) is 4.22. The Bertz CT molecular complexity index is 701. The van der Waals surface area contributed by atoms with E-state index in [-0.39, 0.29) is 12.5 Å². The Balaban J connectivity index is 2.10. The van der Waals surface area contributed by atoms with E-state index in [0.717, 1.165) is 5.69 Å². The maximum Gasteiger partial charge on any atom is 0.288 e. The fourth-order valence-electron chi connectivity index (χ4n) is 2.42. The molecular formula is C19H22F2N2O2S. The molecule has 0 saturated carbocycles. The molecule has 0 fully saturated rings. The van der Waals surface area contributed by atoms with Crippen molar-refractivity contribution in [2.45, 2.75) is 30.1 Å². The van der Waals surface area contributed by atoms with E-state index in [4.69, 9.17) is 0 Å². The Hall–Kier alpha value is -2.12. The molecule has 2 aromatic rings. The molecular weight excluding hydrogens is 358 g/mol. The van der Waals surface area contributed by atoms with Crippen molar-refractivity contribution in [1.29, 1.82) is 0 Å². The molecule has 2 N–H and O–H groups in total. The minimum absolute atomic E-state index is 0.00868. The van der Waals surface area contributed by atoms with Crippen LogP contribution in [-0.4, -0.2) is 36.0 Å². The lowest BCUT2D eigenvalue weighted by atomic mass is 10.2. The number of carbonyl (C=O) groups is 1. The number of halogens is 2. The lowest BCUT2D eigenvalue weighted by molar-refractivity contribution is -0.115. The summed E-state index contributed by atoms with van der Waals surface area (Å²) in [5, 5.41) is 12.7. The molecule has 0 spiro atoms. The summed E-state index contributed by atoms with van der Waals surface area (Å²) in [6.45, 7) is 2.18. The summed E-state index contributed by atoms with van der Waals surface area (Å²) in [5.74, 6) is -2.90. The van der Waals surface area contributed by atoms with Crippen LogP contribution >= 0.6 is 11.8 Å². The van der Waals surface area contributed by atoms with Crippen molar-refractivity contribution < 1.29 is 18.7 Å². The molecule has 0 heterocycles. The zero-order valence-corrected chi connectivity index (χ0v) is 15.3. The van der Waals surface area contributed by atoms with Crippen LogP contribution in [0.1, 0.15) is 13.3 Å². The van der Waals surface area contributed by atoms with Crippen LogP contribution in [0.15, 0.2) is 59.5 Å². The number of aliphatic hydroxyl groups is 1. The van der Waals surface area contributed by atoms with E-state index in [9.17, 15) is 18.7 Å². The number of nitrogens with zero attached hydrogens (tertiary/aromatic N) is 1. The molecule has 0 aliphatic heterocycles. The van der Waals surface area contributed by atoms with Crippen LogP contribution in [0.2, 0.25) is 0 Å². The highest BCUT2D eigenvalue weighted by Gasteiger charge is 2.17. The van der Waals surface area contributed by atoms with Crippen molar-refractivity contribution in [3.63, 3.8) is 0 Å². The molecule has 2 rings (SSSR count). The average molecular weight is 380 g/mol. The third kappa shape index (κ3) is 6.31. The Morgan fingerprint density at radius 3 is 2.46 bits per heavy atom. The van der Waals surface area contributed by atoms with Crippen LogP contribution in [0, 0.1) is 0 Å². The van der Waals surface area contributed by atoms with Crippen molar-refractivity contribution in [1.82, 2.24) is 0 Å². The molecule has 1 atom stereocenters. The second kappa shape index (κ2) is 10.1. The number of para-hydroxylation sites is 2. The summed E-state index contributed by atoms with van der Waals surface area (Å²) in [5.41, 5.74) is 1.16. The highest BCUT2D eigenvalue weighted by molar-refractivity contribution is 7.99. The summed E-state index contributed by atoms with van der Waals surface area (Å²) in [7, 11) is 0. The maximum absolute atomic E-state index is 12.7. The number of alkyl halides is 2. The summed E-state index contributed by atoms with van der Waals surface area (Å²) < 4.78 is 25.3. The molecule has 140 valence electrons. The first-order valence-electron chi connectivity index (χ1n) is 8.31. The summed E-state index contributed by atoms with van der Waals surface area (Å²) in [6, 6.07) is 15.8. The number of benzene rings is 2. The smallest absolute Gasteiger partial charge is 0.288 e. The average Bonchev–Trinajstić information content (AvgIpc) is 2.63. The van der Waals surface area contributed by atoms with Crippen LogP contribution in [0.3, 0.4) is 0 Å². The Kier molecular flexibility index (Phi) is 7.87. The number of carbonyl (C=O) groups excluding carboxylic acids is 1. The van der Waals surface area contributed by atoms with Crippen molar-refractivity contribution >= 4 is 29.0 Å². The second-order valence-electron chi connectivity index (χ2n) is 5.70.